The molecule has 1 saturated carbocycles. The maximum atomic E-state index is 11.9. The Morgan fingerprint density at radius 2 is 2.06 bits per heavy atom. The molecule has 0 heterocycles. The summed E-state index contributed by atoms with van der Waals surface area (Å²) in [6.07, 6.45) is 5.54. The lowest BCUT2D eigenvalue weighted by molar-refractivity contribution is -0.142. The smallest absolute Gasteiger partial charge is 0.317 e. The number of aliphatic carboxylic acids is 1. The van der Waals surface area contributed by atoms with Crippen molar-refractivity contribution in [1.29, 1.82) is 0 Å². The van der Waals surface area contributed by atoms with Crippen molar-refractivity contribution in [3.63, 3.8) is 0 Å². The van der Waals surface area contributed by atoms with Gasteiger partial charge in [-0.25, -0.2) is 4.79 Å². The topological polar surface area (TPSA) is 69.6 Å². The number of rotatable bonds is 6. The summed E-state index contributed by atoms with van der Waals surface area (Å²) in [5, 5.41) is 11.9. The minimum absolute atomic E-state index is 0.149. The van der Waals surface area contributed by atoms with E-state index in [-0.39, 0.29) is 12.1 Å². The van der Waals surface area contributed by atoms with Gasteiger partial charge in [0.25, 0.3) is 0 Å². The average molecular weight is 256 g/mol. The molecule has 0 saturated heterocycles. The Kier molecular flexibility index (Phi) is 5.95. The van der Waals surface area contributed by atoms with Gasteiger partial charge in [0.2, 0.25) is 0 Å². The number of nitrogens with one attached hydrogen (secondary N) is 1. The Labute approximate surface area is 109 Å². The van der Waals surface area contributed by atoms with Gasteiger partial charge in [0.15, 0.2) is 0 Å². The fraction of sp³-hybridized carbons (Fsp3) is 0.846. The molecule has 2 N–H and O–H groups in total. The molecule has 0 bridgehead atoms. The second kappa shape index (κ2) is 7.24. The second-order valence-electron chi connectivity index (χ2n) is 5.06. The summed E-state index contributed by atoms with van der Waals surface area (Å²) in [5.41, 5.74) is 0. The Balaban J connectivity index is 2.36. The van der Waals surface area contributed by atoms with Gasteiger partial charge in [-0.05, 0) is 19.3 Å². The highest BCUT2D eigenvalue weighted by Gasteiger charge is 2.34. The molecule has 1 rings (SSSR count). The van der Waals surface area contributed by atoms with Gasteiger partial charge in [-0.15, -0.1) is 0 Å². The molecule has 0 radical (unpaired) electrons. The molecule has 2 unspecified atom stereocenters. The number of unbranched alkanes of at least 4 members (excludes halogenated alkanes) is 2. The summed E-state index contributed by atoms with van der Waals surface area (Å²) >= 11 is 0. The van der Waals surface area contributed by atoms with Crippen molar-refractivity contribution < 1.29 is 14.7 Å². The molecule has 1 aliphatic carbocycles. The van der Waals surface area contributed by atoms with Gasteiger partial charge in [0.05, 0.1) is 5.92 Å². The monoisotopic (exact) mass is 256 g/mol. The summed E-state index contributed by atoms with van der Waals surface area (Å²) in [4.78, 5) is 24.5. The predicted octanol–water partition coefficient (Wildman–Crippen LogP) is 2.07. The van der Waals surface area contributed by atoms with E-state index < -0.39 is 11.9 Å². The molecule has 0 aromatic heterocycles. The molecular weight excluding hydrogens is 232 g/mol. The van der Waals surface area contributed by atoms with Crippen molar-refractivity contribution in [2.24, 2.45) is 5.92 Å². The maximum absolute atomic E-state index is 11.9. The Bertz CT molecular complexity index is 294. The summed E-state index contributed by atoms with van der Waals surface area (Å²) in [6.45, 7) is 2.85. The molecular formula is C13H24N2O3. The summed E-state index contributed by atoms with van der Waals surface area (Å²) in [7, 11) is 1.76. The number of hydrogen-bond acceptors (Lipinski definition) is 2. The first-order valence-corrected chi connectivity index (χ1v) is 6.80. The van der Waals surface area contributed by atoms with Gasteiger partial charge in [-0.2, -0.15) is 0 Å². The first-order chi connectivity index (χ1) is 8.56. The lowest BCUT2D eigenvalue weighted by atomic mass is 10.0. The van der Waals surface area contributed by atoms with Gasteiger partial charge in [0, 0.05) is 19.6 Å². The van der Waals surface area contributed by atoms with Crippen molar-refractivity contribution in [2.45, 2.75) is 51.5 Å². The molecule has 1 fully saturated rings. The normalized spacial score (nSPS) is 22.8. The largest absolute Gasteiger partial charge is 0.481 e. The van der Waals surface area contributed by atoms with Crippen LogP contribution in [0.3, 0.4) is 0 Å². The van der Waals surface area contributed by atoms with Gasteiger partial charge in [-0.1, -0.05) is 26.2 Å². The standard InChI is InChI=1S/C13H24N2O3/c1-3-4-5-9-15(2)13(18)14-11-8-6-7-10(11)12(16)17/h10-11H,3-9H2,1-2H3,(H,14,18)(H,16,17). The van der Waals surface area contributed by atoms with Crippen molar-refractivity contribution in [3.05, 3.63) is 0 Å². The van der Waals surface area contributed by atoms with Crippen LogP contribution in [0.5, 0.6) is 0 Å². The van der Waals surface area contributed by atoms with E-state index in [0.717, 1.165) is 38.6 Å². The third kappa shape index (κ3) is 4.20. The summed E-state index contributed by atoms with van der Waals surface area (Å²) in [5.74, 6) is -1.22. The van der Waals surface area contributed by atoms with Crippen LogP contribution in [0.15, 0.2) is 0 Å². The van der Waals surface area contributed by atoms with E-state index in [2.05, 4.69) is 12.2 Å². The highest BCUT2D eigenvalue weighted by Crippen LogP contribution is 2.25. The minimum atomic E-state index is -0.800. The number of carboxylic acid groups (broad SMARTS) is 1. The first-order valence-electron chi connectivity index (χ1n) is 6.80. The second-order valence-corrected chi connectivity index (χ2v) is 5.06. The van der Waals surface area contributed by atoms with E-state index in [1.807, 2.05) is 0 Å². The Morgan fingerprint density at radius 3 is 2.67 bits per heavy atom. The highest BCUT2D eigenvalue weighted by atomic mass is 16.4. The van der Waals surface area contributed by atoms with Gasteiger partial charge in [-0.3, -0.25) is 4.79 Å². The molecule has 2 amide bonds. The molecule has 0 aromatic carbocycles. The fourth-order valence-electron chi connectivity index (χ4n) is 2.40. The van der Waals surface area contributed by atoms with E-state index in [9.17, 15) is 9.59 Å². The third-order valence-corrected chi connectivity index (χ3v) is 3.59. The lowest BCUT2D eigenvalue weighted by Crippen LogP contribution is -2.46. The van der Waals surface area contributed by atoms with Crippen LogP contribution in [-0.4, -0.2) is 41.6 Å². The van der Waals surface area contributed by atoms with Crippen LogP contribution in [0.4, 0.5) is 4.79 Å². The molecule has 0 aliphatic heterocycles. The van der Waals surface area contributed by atoms with Gasteiger partial charge < -0.3 is 15.3 Å². The van der Waals surface area contributed by atoms with E-state index in [0.29, 0.717) is 6.42 Å². The molecule has 5 nitrogen and oxygen atoms in total. The number of carboxylic acids is 1. The van der Waals surface area contributed by atoms with Crippen LogP contribution in [0.25, 0.3) is 0 Å². The number of nitrogens with zero attached hydrogens (tertiary/aromatic N) is 1. The number of carbonyl (C=O) groups excluding carboxylic acids is 1. The molecule has 1 aliphatic rings. The number of amides is 2. The predicted molar refractivity (Wildman–Crippen MR) is 69.5 cm³/mol. The maximum Gasteiger partial charge on any atom is 0.317 e. The fourth-order valence-corrected chi connectivity index (χ4v) is 2.40. The van der Waals surface area contributed by atoms with Crippen molar-refractivity contribution >= 4 is 12.0 Å². The van der Waals surface area contributed by atoms with Crippen LogP contribution in [0.2, 0.25) is 0 Å². The van der Waals surface area contributed by atoms with Crippen LogP contribution in [0, 0.1) is 5.92 Å². The lowest BCUT2D eigenvalue weighted by Gasteiger charge is -2.23. The van der Waals surface area contributed by atoms with Gasteiger partial charge in [0.1, 0.15) is 0 Å². The minimum Gasteiger partial charge on any atom is -0.481 e. The molecule has 18 heavy (non-hydrogen) atoms. The quantitative estimate of drug-likeness (QED) is 0.715. The van der Waals surface area contributed by atoms with Crippen LogP contribution in [-0.2, 0) is 4.79 Å². The van der Waals surface area contributed by atoms with Crippen LogP contribution in [0.1, 0.15) is 45.4 Å². The van der Waals surface area contributed by atoms with Crippen LogP contribution < -0.4 is 5.32 Å². The van der Waals surface area contributed by atoms with E-state index in [1.54, 1.807) is 11.9 Å². The molecule has 0 aromatic rings. The number of urea groups is 1. The Morgan fingerprint density at radius 1 is 1.33 bits per heavy atom. The zero-order valence-electron chi connectivity index (χ0n) is 11.3. The molecule has 5 heteroatoms. The Hall–Kier alpha value is -1.26. The SMILES string of the molecule is CCCCCN(C)C(=O)NC1CCCC1C(=O)O. The summed E-state index contributed by atoms with van der Waals surface area (Å²) < 4.78 is 0. The van der Waals surface area contributed by atoms with E-state index in [4.69, 9.17) is 5.11 Å². The first kappa shape index (κ1) is 14.8. The van der Waals surface area contributed by atoms with Crippen molar-refractivity contribution in [2.75, 3.05) is 13.6 Å². The number of carbonyl (C=O) groups is 2. The van der Waals surface area contributed by atoms with Gasteiger partial charge >= 0.3 is 12.0 Å². The van der Waals surface area contributed by atoms with E-state index in [1.165, 1.54) is 0 Å². The zero-order valence-corrected chi connectivity index (χ0v) is 11.3. The molecule has 0 spiro atoms. The zero-order chi connectivity index (χ0) is 13.5. The molecule has 104 valence electrons. The average Bonchev–Trinajstić information content (AvgIpc) is 2.77. The van der Waals surface area contributed by atoms with Crippen LogP contribution >= 0.6 is 0 Å². The molecule has 2 atom stereocenters. The summed E-state index contributed by atoms with van der Waals surface area (Å²) in [6, 6.07) is -0.354. The van der Waals surface area contributed by atoms with Crippen molar-refractivity contribution in [1.82, 2.24) is 10.2 Å². The highest BCUT2D eigenvalue weighted by molar-refractivity contribution is 5.77. The van der Waals surface area contributed by atoms with E-state index >= 15 is 0 Å². The third-order valence-electron chi connectivity index (χ3n) is 3.59. The van der Waals surface area contributed by atoms with Crippen molar-refractivity contribution in [3.8, 4) is 0 Å². The number of hydrogen-bond donors (Lipinski definition) is 2.